The summed E-state index contributed by atoms with van der Waals surface area (Å²) in [5.74, 6) is -0.294. The minimum atomic E-state index is -0.638. The van der Waals surface area contributed by atoms with Gasteiger partial charge >= 0.3 is 11.9 Å². The van der Waals surface area contributed by atoms with Crippen LogP contribution >= 0.6 is 0 Å². The topological polar surface area (TPSA) is 61.8 Å². The SMILES string of the molecule is C=CC(=O)OCC(CC)(COC(=O)C=C)COC(C=C)=C1CC1. The summed E-state index contributed by atoms with van der Waals surface area (Å²) in [5.41, 5.74) is 0.581. The highest BCUT2D eigenvalue weighted by Gasteiger charge is 2.34. The van der Waals surface area contributed by atoms with Gasteiger partial charge in [-0.1, -0.05) is 26.7 Å². The second kappa shape index (κ2) is 8.98. The second-order valence-corrected chi connectivity index (χ2v) is 5.44. The van der Waals surface area contributed by atoms with Gasteiger partial charge in [-0.05, 0) is 30.9 Å². The quantitative estimate of drug-likeness (QED) is 0.332. The summed E-state index contributed by atoms with van der Waals surface area (Å²) in [6, 6.07) is 0. The van der Waals surface area contributed by atoms with Crippen LogP contribution in [-0.2, 0) is 23.8 Å². The van der Waals surface area contributed by atoms with E-state index in [4.69, 9.17) is 14.2 Å². The molecule has 5 nitrogen and oxygen atoms in total. The van der Waals surface area contributed by atoms with Gasteiger partial charge in [-0.2, -0.15) is 0 Å². The number of hydrogen-bond donors (Lipinski definition) is 0. The Balaban J connectivity index is 2.78. The first kappa shape index (κ1) is 18.7. The maximum absolute atomic E-state index is 11.4. The van der Waals surface area contributed by atoms with E-state index in [0.29, 0.717) is 6.42 Å². The van der Waals surface area contributed by atoms with Gasteiger partial charge in [0.25, 0.3) is 0 Å². The third kappa shape index (κ3) is 6.14. The molecule has 5 heteroatoms. The smallest absolute Gasteiger partial charge is 0.330 e. The number of ether oxygens (including phenoxy) is 3. The van der Waals surface area contributed by atoms with E-state index in [1.807, 2.05) is 6.92 Å². The van der Waals surface area contributed by atoms with Crippen LogP contribution in [0.4, 0.5) is 0 Å². The van der Waals surface area contributed by atoms with Gasteiger partial charge in [-0.25, -0.2) is 9.59 Å². The van der Waals surface area contributed by atoms with Crippen molar-refractivity contribution in [2.24, 2.45) is 5.41 Å². The summed E-state index contributed by atoms with van der Waals surface area (Å²) in [5, 5.41) is 0. The number of hydrogen-bond acceptors (Lipinski definition) is 5. The maximum atomic E-state index is 11.4. The van der Waals surface area contributed by atoms with Crippen molar-refractivity contribution >= 4 is 11.9 Å². The Morgan fingerprint density at radius 1 is 0.957 bits per heavy atom. The number of allylic oxidation sites excluding steroid dienone is 2. The van der Waals surface area contributed by atoms with Crippen LogP contribution in [0.1, 0.15) is 26.2 Å². The average Bonchev–Trinajstić information content (AvgIpc) is 3.41. The van der Waals surface area contributed by atoms with Gasteiger partial charge in [0.15, 0.2) is 0 Å². The van der Waals surface area contributed by atoms with Crippen LogP contribution in [0.2, 0.25) is 0 Å². The molecule has 1 saturated carbocycles. The molecule has 0 bridgehead atoms. The number of rotatable bonds is 11. The van der Waals surface area contributed by atoms with Gasteiger partial charge in [0.2, 0.25) is 0 Å². The van der Waals surface area contributed by atoms with Crippen molar-refractivity contribution in [3.8, 4) is 0 Å². The molecule has 126 valence electrons. The van der Waals surface area contributed by atoms with Crippen molar-refractivity contribution < 1.29 is 23.8 Å². The van der Waals surface area contributed by atoms with Crippen molar-refractivity contribution in [3.05, 3.63) is 49.3 Å². The zero-order valence-corrected chi connectivity index (χ0v) is 13.6. The van der Waals surface area contributed by atoms with E-state index in [1.165, 1.54) is 5.57 Å². The zero-order valence-electron chi connectivity index (χ0n) is 13.6. The minimum Gasteiger partial charge on any atom is -0.493 e. The number of carbonyl (C=O) groups is 2. The lowest BCUT2D eigenvalue weighted by Gasteiger charge is -2.31. The zero-order chi connectivity index (χ0) is 17.3. The molecular formula is C18H24O5. The van der Waals surface area contributed by atoms with E-state index < -0.39 is 17.4 Å². The fourth-order valence-corrected chi connectivity index (χ4v) is 1.84. The molecule has 1 fully saturated rings. The Hall–Kier alpha value is -2.30. The highest BCUT2D eigenvalue weighted by molar-refractivity contribution is 5.81. The molecule has 23 heavy (non-hydrogen) atoms. The molecule has 1 aliphatic carbocycles. The summed E-state index contributed by atoms with van der Waals surface area (Å²) in [6.45, 7) is 12.8. The molecule has 0 amide bonds. The van der Waals surface area contributed by atoms with Gasteiger partial charge < -0.3 is 14.2 Å². The summed E-state index contributed by atoms with van der Waals surface area (Å²) in [4.78, 5) is 22.7. The molecule has 0 aliphatic heterocycles. The summed E-state index contributed by atoms with van der Waals surface area (Å²) in [6.07, 6.45) is 6.49. The Kier molecular flexibility index (Phi) is 7.32. The lowest BCUT2D eigenvalue weighted by atomic mass is 9.88. The maximum Gasteiger partial charge on any atom is 0.330 e. The third-order valence-electron chi connectivity index (χ3n) is 3.69. The summed E-state index contributed by atoms with van der Waals surface area (Å²) in [7, 11) is 0. The van der Waals surface area contributed by atoms with Gasteiger partial charge in [0, 0.05) is 12.2 Å². The molecule has 0 saturated heterocycles. The Morgan fingerprint density at radius 3 is 1.78 bits per heavy atom. The average molecular weight is 320 g/mol. The highest BCUT2D eigenvalue weighted by atomic mass is 16.6. The van der Waals surface area contributed by atoms with Crippen molar-refractivity contribution in [1.82, 2.24) is 0 Å². The highest BCUT2D eigenvalue weighted by Crippen LogP contribution is 2.34. The first-order chi connectivity index (χ1) is 11.0. The van der Waals surface area contributed by atoms with Gasteiger partial charge in [0.05, 0.1) is 5.41 Å². The van der Waals surface area contributed by atoms with Gasteiger partial charge in [-0.15, -0.1) is 0 Å². The number of esters is 2. The monoisotopic (exact) mass is 320 g/mol. The van der Waals surface area contributed by atoms with Crippen LogP contribution in [0.5, 0.6) is 0 Å². The second-order valence-electron chi connectivity index (χ2n) is 5.44. The molecule has 0 radical (unpaired) electrons. The van der Waals surface area contributed by atoms with Crippen molar-refractivity contribution in [2.75, 3.05) is 19.8 Å². The predicted molar refractivity (Wildman–Crippen MR) is 87.4 cm³/mol. The molecule has 0 aromatic carbocycles. The standard InChI is InChI=1S/C18H24O5/c1-5-15(14-9-10-14)21-11-18(8-4,12-22-16(19)6-2)13-23-17(20)7-3/h5-7H,1-3,8-13H2,4H3. The Labute approximate surface area is 137 Å². The van der Waals surface area contributed by atoms with Gasteiger partial charge in [-0.3, -0.25) is 0 Å². The van der Waals surface area contributed by atoms with Crippen LogP contribution in [0.3, 0.4) is 0 Å². The van der Waals surface area contributed by atoms with Gasteiger partial charge in [0.1, 0.15) is 25.6 Å². The van der Waals surface area contributed by atoms with E-state index in [9.17, 15) is 9.59 Å². The van der Waals surface area contributed by atoms with Crippen LogP contribution in [0.25, 0.3) is 0 Å². The van der Waals surface area contributed by atoms with Crippen molar-refractivity contribution in [2.45, 2.75) is 26.2 Å². The van der Waals surface area contributed by atoms with E-state index in [-0.39, 0.29) is 19.8 Å². The first-order valence-corrected chi connectivity index (χ1v) is 7.56. The van der Waals surface area contributed by atoms with E-state index in [2.05, 4.69) is 19.7 Å². The molecule has 0 heterocycles. The predicted octanol–water partition coefficient (Wildman–Crippen LogP) is 3.09. The molecule has 1 rings (SSSR count). The van der Waals surface area contributed by atoms with E-state index in [1.54, 1.807) is 6.08 Å². The molecule has 1 aliphatic rings. The Bertz CT molecular complexity index is 486. The normalized spacial score (nSPS) is 12.8. The minimum absolute atomic E-state index is 0.0680. The fraction of sp³-hybridized carbons (Fsp3) is 0.444. The summed E-state index contributed by atoms with van der Waals surface area (Å²) >= 11 is 0. The van der Waals surface area contributed by atoms with Crippen molar-refractivity contribution in [1.29, 1.82) is 0 Å². The first-order valence-electron chi connectivity index (χ1n) is 7.56. The molecule has 0 N–H and O–H groups in total. The molecule has 0 aromatic rings. The third-order valence-corrected chi connectivity index (χ3v) is 3.69. The fourth-order valence-electron chi connectivity index (χ4n) is 1.84. The molecule has 0 aromatic heterocycles. The van der Waals surface area contributed by atoms with Crippen LogP contribution in [0, 0.1) is 5.41 Å². The largest absolute Gasteiger partial charge is 0.493 e. The lowest BCUT2D eigenvalue weighted by molar-refractivity contribution is -0.150. The lowest BCUT2D eigenvalue weighted by Crippen LogP contribution is -2.38. The van der Waals surface area contributed by atoms with Crippen molar-refractivity contribution in [3.63, 3.8) is 0 Å². The molecule has 0 atom stereocenters. The number of carbonyl (C=O) groups excluding carboxylic acids is 2. The molecule has 0 spiro atoms. The molecular weight excluding hydrogens is 296 g/mol. The molecule has 0 unspecified atom stereocenters. The summed E-state index contributed by atoms with van der Waals surface area (Å²) < 4.78 is 16.1. The van der Waals surface area contributed by atoms with Crippen LogP contribution in [-0.4, -0.2) is 31.8 Å². The van der Waals surface area contributed by atoms with Crippen LogP contribution in [0.15, 0.2) is 49.3 Å². The van der Waals surface area contributed by atoms with E-state index >= 15 is 0 Å². The Morgan fingerprint density at radius 2 is 1.43 bits per heavy atom. The van der Waals surface area contributed by atoms with E-state index in [0.717, 1.165) is 30.8 Å². The van der Waals surface area contributed by atoms with Crippen LogP contribution < -0.4 is 0 Å².